The zero-order valence-electron chi connectivity index (χ0n) is 19.4. The molecule has 0 aliphatic heterocycles. The molecule has 0 saturated heterocycles. The molecule has 0 amide bonds. The third-order valence-corrected chi connectivity index (χ3v) is 4.99. The molecule has 4 nitrogen and oxygen atoms in total. The lowest BCUT2D eigenvalue weighted by Crippen LogP contribution is -2.19. The zero-order chi connectivity index (χ0) is 22.0. The number of hydrogen-bond acceptors (Lipinski definition) is 4. The third-order valence-electron chi connectivity index (χ3n) is 4.99. The van der Waals surface area contributed by atoms with E-state index in [9.17, 15) is 0 Å². The Morgan fingerprint density at radius 1 is 0.800 bits per heavy atom. The van der Waals surface area contributed by atoms with E-state index >= 15 is 0 Å². The molecule has 30 heavy (non-hydrogen) atoms. The molecule has 1 aromatic carbocycles. The molecule has 0 spiro atoms. The molecule has 1 aromatic rings. The summed E-state index contributed by atoms with van der Waals surface area (Å²) in [5, 5.41) is 0. The highest BCUT2D eigenvalue weighted by Crippen LogP contribution is 2.34. The van der Waals surface area contributed by atoms with Gasteiger partial charge < -0.3 is 18.9 Å². The van der Waals surface area contributed by atoms with Gasteiger partial charge in [0.15, 0.2) is 0 Å². The Balaban J connectivity index is 1.96. The molecular weight excluding hydrogens is 376 g/mol. The van der Waals surface area contributed by atoms with E-state index < -0.39 is 0 Å². The molecule has 2 rings (SSSR count). The average Bonchev–Trinajstić information content (AvgIpc) is 2.95. The number of allylic oxidation sites excluding steroid dienone is 5. The van der Waals surface area contributed by atoms with Crippen molar-refractivity contribution >= 4 is 0 Å². The highest BCUT2D eigenvalue weighted by atomic mass is 16.5. The number of ether oxygens (including phenoxy) is 4. The standard InChI is InChI=1S/C26H38O4/c1-20(2)27-16-18-29-24-9-7-8-22(10-13-24)26(5,6)23-11-14-25(15-12-23)30-19-17-28-21(3)4/h7-8,10-15,20-21H,9,16-19H2,1-6H3. The van der Waals surface area contributed by atoms with Crippen molar-refractivity contribution in [3.63, 3.8) is 0 Å². The van der Waals surface area contributed by atoms with E-state index in [2.05, 4.69) is 50.3 Å². The van der Waals surface area contributed by atoms with Gasteiger partial charge in [-0.05, 0) is 57.0 Å². The van der Waals surface area contributed by atoms with Crippen molar-refractivity contribution < 1.29 is 18.9 Å². The van der Waals surface area contributed by atoms with E-state index in [0.717, 1.165) is 17.9 Å². The first-order valence-corrected chi connectivity index (χ1v) is 11.0. The Bertz CT molecular complexity index is 724. The predicted molar refractivity (Wildman–Crippen MR) is 123 cm³/mol. The number of benzene rings is 1. The second kappa shape index (κ2) is 12.0. The van der Waals surface area contributed by atoms with Gasteiger partial charge in [0.2, 0.25) is 0 Å². The van der Waals surface area contributed by atoms with Gasteiger partial charge in [0.1, 0.15) is 19.0 Å². The van der Waals surface area contributed by atoms with Gasteiger partial charge in [-0.25, -0.2) is 0 Å². The van der Waals surface area contributed by atoms with E-state index in [1.807, 2.05) is 39.8 Å². The van der Waals surface area contributed by atoms with Gasteiger partial charge in [-0.1, -0.05) is 44.2 Å². The molecule has 0 heterocycles. The minimum Gasteiger partial charge on any atom is -0.495 e. The smallest absolute Gasteiger partial charge is 0.119 e. The second-order valence-corrected chi connectivity index (χ2v) is 8.55. The SMILES string of the molecule is CC(C)OCCOC1=CC=C(C(C)(C)c2ccc(OCCOC(C)C)cc2)C=CC1. The lowest BCUT2D eigenvalue weighted by Gasteiger charge is -2.27. The number of hydrogen-bond donors (Lipinski definition) is 0. The summed E-state index contributed by atoms with van der Waals surface area (Å²) in [4.78, 5) is 0. The van der Waals surface area contributed by atoms with Crippen LogP contribution in [0.5, 0.6) is 5.75 Å². The molecule has 0 atom stereocenters. The van der Waals surface area contributed by atoms with Gasteiger partial charge in [0.25, 0.3) is 0 Å². The van der Waals surface area contributed by atoms with E-state index in [0.29, 0.717) is 26.4 Å². The van der Waals surface area contributed by atoms with Gasteiger partial charge >= 0.3 is 0 Å². The summed E-state index contributed by atoms with van der Waals surface area (Å²) >= 11 is 0. The maximum Gasteiger partial charge on any atom is 0.119 e. The van der Waals surface area contributed by atoms with Gasteiger partial charge in [-0.15, -0.1) is 0 Å². The summed E-state index contributed by atoms with van der Waals surface area (Å²) in [5.74, 6) is 1.84. The van der Waals surface area contributed by atoms with E-state index in [1.165, 1.54) is 11.1 Å². The van der Waals surface area contributed by atoms with Gasteiger partial charge in [0.05, 0.1) is 31.2 Å². The number of rotatable bonds is 12. The summed E-state index contributed by atoms with van der Waals surface area (Å²) < 4.78 is 22.7. The fourth-order valence-corrected chi connectivity index (χ4v) is 3.17. The van der Waals surface area contributed by atoms with Gasteiger partial charge in [0, 0.05) is 11.8 Å². The van der Waals surface area contributed by atoms with Crippen LogP contribution in [-0.4, -0.2) is 38.6 Å². The van der Waals surface area contributed by atoms with Crippen LogP contribution in [-0.2, 0) is 19.6 Å². The quantitative estimate of drug-likeness (QED) is 0.394. The molecule has 0 N–H and O–H groups in total. The van der Waals surface area contributed by atoms with Gasteiger partial charge in [-0.2, -0.15) is 0 Å². The summed E-state index contributed by atoms with van der Waals surface area (Å²) in [6.07, 6.45) is 9.87. The molecule has 1 aliphatic carbocycles. The molecule has 0 radical (unpaired) electrons. The topological polar surface area (TPSA) is 36.9 Å². The summed E-state index contributed by atoms with van der Waals surface area (Å²) in [6.45, 7) is 14.9. The van der Waals surface area contributed by atoms with Crippen molar-refractivity contribution in [1.29, 1.82) is 0 Å². The summed E-state index contributed by atoms with van der Waals surface area (Å²) in [6, 6.07) is 8.35. The van der Waals surface area contributed by atoms with Crippen LogP contribution in [0.2, 0.25) is 0 Å². The van der Waals surface area contributed by atoms with Crippen molar-refractivity contribution in [3.05, 3.63) is 65.5 Å². The Hall–Kier alpha value is -2.04. The van der Waals surface area contributed by atoms with Crippen molar-refractivity contribution in [3.8, 4) is 5.75 Å². The highest BCUT2D eigenvalue weighted by Gasteiger charge is 2.24. The maximum absolute atomic E-state index is 5.87. The Labute approximate surface area is 182 Å². The lowest BCUT2D eigenvalue weighted by atomic mass is 9.77. The Kier molecular flexibility index (Phi) is 9.67. The molecule has 0 unspecified atom stereocenters. The predicted octanol–water partition coefficient (Wildman–Crippen LogP) is 5.98. The molecule has 0 saturated carbocycles. The van der Waals surface area contributed by atoms with Crippen molar-refractivity contribution in [2.24, 2.45) is 0 Å². The fraction of sp³-hybridized carbons (Fsp3) is 0.538. The summed E-state index contributed by atoms with van der Waals surface area (Å²) in [5.41, 5.74) is 2.37. The van der Waals surface area contributed by atoms with Crippen molar-refractivity contribution in [1.82, 2.24) is 0 Å². The highest BCUT2D eigenvalue weighted by molar-refractivity contribution is 5.44. The van der Waals surface area contributed by atoms with Crippen LogP contribution in [0.1, 0.15) is 53.5 Å². The Morgan fingerprint density at radius 2 is 1.40 bits per heavy atom. The molecule has 4 heteroatoms. The minimum absolute atomic E-state index is 0.123. The van der Waals surface area contributed by atoms with Crippen LogP contribution in [0.15, 0.2) is 59.9 Å². The maximum atomic E-state index is 5.87. The Morgan fingerprint density at radius 3 is 2.00 bits per heavy atom. The first-order chi connectivity index (χ1) is 14.3. The van der Waals surface area contributed by atoms with E-state index in [4.69, 9.17) is 18.9 Å². The first kappa shape index (κ1) is 24.2. The average molecular weight is 415 g/mol. The van der Waals surface area contributed by atoms with Crippen molar-refractivity contribution in [2.45, 2.75) is 65.6 Å². The van der Waals surface area contributed by atoms with Crippen LogP contribution < -0.4 is 4.74 Å². The second-order valence-electron chi connectivity index (χ2n) is 8.55. The normalized spacial score (nSPS) is 14.5. The fourth-order valence-electron chi connectivity index (χ4n) is 3.17. The van der Waals surface area contributed by atoms with Crippen LogP contribution in [0.25, 0.3) is 0 Å². The molecule has 0 bridgehead atoms. The minimum atomic E-state index is -0.123. The van der Waals surface area contributed by atoms with E-state index in [-0.39, 0.29) is 17.6 Å². The van der Waals surface area contributed by atoms with Crippen molar-refractivity contribution in [2.75, 3.05) is 26.4 Å². The molecule has 0 fully saturated rings. The first-order valence-electron chi connectivity index (χ1n) is 11.0. The van der Waals surface area contributed by atoms with Crippen LogP contribution in [0.4, 0.5) is 0 Å². The van der Waals surface area contributed by atoms with Gasteiger partial charge in [-0.3, -0.25) is 0 Å². The molecule has 1 aliphatic rings. The monoisotopic (exact) mass is 414 g/mol. The third kappa shape index (κ3) is 8.00. The van der Waals surface area contributed by atoms with Crippen LogP contribution in [0, 0.1) is 0 Å². The summed E-state index contributed by atoms with van der Waals surface area (Å²) in [7, 11) is 0. The largest absolute Gasteiger partial charge is 0.495 e. The lowest BCUT2D eigenvalue weighted by molar-refractivity contribution is 0.0380. The molecule has 0 aromatic heterocycles. The van der Waals surface area contributed by atoms with Crippen LogP contribution in [0.3, 0.4) is 0 Å². The van der Waals surface area contributed by atoms with E-state index in [1.54, 1.807) is 0 Å². The zero-order valence-corrected chi connectivity index (χ0v) is 19.4. The molecule has 166 valence electrons. The van der Waals surface area contributed by atoms with Crippen LogP contribution >= 0.6 is 0 Å². The molecular formula is C26H38O4.